The van der Waals surface area contributed by atoms with Gasteiger partial charge in [0, 0.05) is 31.3 Å². The highest BCUT2D eigenvalue weighted by atomic mass is 16.2. The zero-order valence-electron chi connectivity index (χ0n) is 12.9. The first-order chi connectivity index (χ1) is 10.8. The van der Waals surface area contributed by atoms with E-state index in [2.05, 4.69) is 14.9 Å². The molecule has 4 bridgehead atoms. The molecule has 4 heteroatoms. The molecular formula is C18H23N3O. The maximum atomic E-state index is 13.2. The van der Waals surface area contributed by atoms with Gasteiger partial charge in [0.05, 0.1) is 17.9 Å². The van der Waals surface area contributed by atoms with E-state index in [0.717, 1.165) is 36.2 Å². The number of amides is 1. The van der Waals surface area contributed by atoms with Crippen molar-refractivity contribution >= 4 is 5.91 Å². The predicted molar refractivity (Wildman–Crippen MR) is 81.7 cm³/mol. The number of aromatic nitrogens is 2. The van der Waals surface area contributed by atoms with Crippen LogP contribution in [0.1, 0.15) is 43.5 Å². The molecule has 0 saturated heterocycles. The maximum absolute atomic E-state index is 13.2. The summed E-state index contributed by atoms with van der Waals surface area (Å²) in [6.45, 7) is 1.50. The molecule has 1 aromatic rings. The minimum Gasteiger partial charge on any atom is -0.336 e. The van der Waals surface area contributed by atoms with Gasteiger partial charge in [0.1, 0.15) is 0 Å². The van der Waals surface area contributed by atoms with Crippen LogP contribution in [-0.4, -0.2) is 27.3 Å². The predicted octanol–water partition coefficient (Wildman–Crippen LogP) is 2.43. The van der Waals surface area contributed by atoms with E-state index < -0.39 is 0 Å². The molecule has 0 spiro atoms. The van der Waals surface area contributed by atoms with Gasteiger partial charge in [0.25, 0.3) is 0 Å². The molecule has 0 N–H and O–H groups in total. The van der Waals surface area contributed by atoms with E-state index in [1.165, 1.54) is 32.1 Å². The zero-order chi connectivity index (χ0) is 14.7. The molecule has 0 unspecified atom stereocenters. The Labute approximate surface area is 131 Å². The molecule has 4 aliphatic carbocycles. The highest BCUT2D eigenvalue weighted by molar-refractivity contribution is 5.80. The van der Waals surface area contributed by atoms with Gasteiger partial charge in [-0.25, -0.2) is 0 Å². The molecule has 116 valence electrons. The fraction of sp³-hybridized carbons (Fsp3) is 0.722. The second-order valence-electron chi connectivity index (χ2n) is 7.92. The molecule has 1 aromatic heterocycles. The summed E-state index contributed by atoms with van der Waals surface area (Å²) in [6.07, 6.45) is 11.1. The smallest absolute Gasteiger partial charge is 0.226 e. The second kappa shape index (κ2) is 4.77. The van der Waals surface area contributed by atoms with Gasteiger partial charge in [-0.05, 0) is 55.8 Å². The van der Waals surface area contributed by atoms with E-state index in [9.17, 15) is 4.79 Å². The van der Waals surface area contributed by atoms with Crippen molar-refractivity contribution in [1.29, 1.82) is 0 Å². The minimum absolute atomic E-state index is 0.311. The molecule has 4 saturated carbocycles. The first-order valence-corrected chi connectivity index (χ1v) is 8.85. The van der Waals surface area contributed by atoms with Gasteiger partial charge in [-0.1, -0.05) is 0 Å². The molecule has 4 nitrogen and oxygen atoms in total. The Morgan fingerprint density at radius 3 is 2.27 bits per heavy atom. The minimum atomic E-state index is 0.311. The summed E-state index contributed by atoms with van der Waals surface area (Å²) >= 11 is 0. The summed E-state index contributed by atoms with van der Waals surface area (Å²) in [4.78, 5) is 24.1. The van der Waals surface area contributed by atoms with Crippen LogP contribution in [-0.2, 0) is 17.8 Å². The van der Waals surface area contributed by atoms with Gasteiger partial charge in [0.2, 0.25) is 5.91 Å². The van der Waals surface area contributed by atoms with Crippen molar-refractivity contribution in [2.75, 3.05) is 6.54 Å². The van der Waals surface area contributed by atoms with E-state index in [0.29, 0.717) is 30.2 Å². The molecule has 0 atom stereocenters. The Morgan fingerprint density at radius 2 is 1.59 bits per heavy atom. The number of hydrogen-bond acceptors (Lipinski definition) is 3. The Bertz CT molecular complexity index is 586. The highest BCUT2D eigenvalue weighted by Gasteiger charge is 2.51. The van der Waals surface area contributed by atoms with Gasteiger partial charge in [-0.2, -0.15) is 0 Å². The maximum Gasteiger partial charge on any atom is 0.226 e. The van der Waals surface area contributed by atoms with Crippen molar-refractivity contribution in [3.05, 3.63) is 23.8 Å². The summed E-state index contributed by atoms with van der Waals surface area (Å²) in [5, 5.41) is 0. The van der Waals surface area contributed by atoms with Crippen LogP contribution in [0.2, 0.25) is 0 Å². The van der Waals surface area contributed by atoms with Crippen LogP contribution < -0.4 is 0 Å². The Hall–Kier alpha value is -1.45. The molecule has 0 aromatic carbocycles. The lowest BCUT2D eigenvalue weighted by atomic mass is 9.51. The summed E-state index contributed by atoms with van der Waals surface area (Å²) in [6, 6.07) is 0. The molecule has 1 aliphatic heterocycles. The molecule has 22 heavy (non-hydrogen) atoms. The number of nitrogens with zero attached hydrogens (tertiary/aromatic N) is 3. The van der Waals surface area contributed by atoms with Crippen LogP contribution in [0.3, 0.4) is 0 Å². The second-order valence-corrected chi connectivity index (χ2v) is 7.92. The third kappa shape index (κ3) is 1.92. The largest absolute Gasteiger partial charge is 0.336 e. The third-order valence-corrected chi connectivity index (χ3v) is 6.64. The van der Waals surface area contributed by atoms with Crippen LogP contribution in [0.25, 0.3) is 0 Å². The Balaban J connectivity index is 1.37. The topological polar surface area (TPSA) is 46.1 Å². The standard InChI is InChI=1S/C18H23N3O/c22-18(21-4-1-15-16(10-21)20-3-2-19-15)17-13-6-11-5-12(8-13)9-14(17)7-11/h2-3,11-14,17H,1,4-10H2. The number of fused-ring (bicyclic) bond motifs is 1. The van der Waals surface area contributed by atoms with Crippen molar-refractivity contribution < 1.29 is 4.79 Å². The lowest BCUT2D eigenvalue weighted by molar-refractivity contribution is -0.150. The van der Waals surface area contributed by atoms with Crippen LogP contribution in [0, 0.1) is 29.6 Å². The average molecular weight is 297 g/mol. The van der Waals surface area contributed by atoms with Crippen LogP contribution in [0.4, 0.5) is 0 Å². The van der Waals surface area contributed by atoms with Crippen molar-refractivity contribution in [2.45, 2.75) is 45.1 Å². The monoisotopic (exact) mass is 297 g/mol. The van der Waals surface area contributed by atoms with Crippen molar-refractivity contribution in [3.8, 4) is 0 Å². The highest BCUT2D eigenvalue weighted by Crippen LogP contribution is 2.56. The molecule has 1 amide bonds. The fourth-order valence-corrected chi connectivity index (χ4v) is 5.96. The first kappa shape index (κ1) is 13.0. The normalized spacial score (nSPS) is 38.9. The van der Waals surface area contributed by atoms with Crippen LogP contribution >= 0.6 is 0 Å². The third-order valence-electron chi connectivity index (χ3n) is 6.64. The summed E-state index contributed by atoms with van der Waals surface area (Å²) in [7, 11) is 0. The van der Waals surface area contributed by atoms with E-state index in [4.69, 9.17) is 0 Å². The molecular weight excluding hydrogens is 274 g/mol. The molecule has 6 rings (SSSR count). The lowest BCUT2D eigenvalue weighted by Crippen LogP contribution is -2.52. The first-order valence-electron chi connectivity index (χ1n) is 8.85. The molecule has 5 aliphatic rings. The number of carbonyl (C=O) groups excluding carboxylic acids is 1. The molecule has 4 fully saturated rings. The van der Waals surface area contributed by atoms with Crippen LogP contribution in [0.15, 0.2) is 12.4 Å². The van der Waals surface area contributed by atoms with Crippen LogP contribution in [0.5, 0.6) is 0 Å². The number of hydrogen-bond donors (Lipinski definition) is 0. The van der Waals surface area contributed by atoms with Gasteiger partial charge >= 0.3 is 0 Å². The zero-order valence-corrected chi connectivity index (χ0v) is 12.9. The molecule has 2 heterocycles. The fourth-order valence-electron chi connectivity index (χ4n) is 5.96. The van der Waals surface area contributed by atoms with Gasteiger partial charge < -0.3 is 4.90 Å². The van der Waals surface area contributed by atoms with E-state index in [1.807, 2.05) is 0 Å². The average Bonchev–Trinajstić information content (AvgIpc) is 2.53. The SMILES string of the molecule is O=C(C1C2CC3CC(C2)CC1C3)N1CCc2nccnc2C1. The van der Waals surface area contributed by atoms with E-state index >= 15 is 0 Å². The molecule has 0 radical (unpaired) electrons. The van der Waals surface area contributed by atoms with Crippen molar-refractivity contribution in [2.24, 2.45) is 29.6 Å². The number of carbonyl (C=O) groups is 1. The summed E-state index contributed by atoms with van der Waals surface area (Å²) < 4.78 is 0. The summed E-state index contributed by atoms with van der Waals surface area (Å²) in [5.41, 5.74) is 2.09. The van der Waals surface area contributed by atoms with E-state index in [-0.39, 0.29) is 0 Å². The lowest BCUT2D eigenvalue weighted by Gasteiger charge is -2.54. The number of rotatable bonds is 1. The Kier molecular flexibility index (Phi) is 2.83. The van der Waals surface area contributed by atoms with Gasteiger partial charge in [-0.3, -0.25) is 14.8 Å². The summed E-state index contributed by atoms with van der Waals surface area (Å²) in [5.74, 6) is 3.94. The van der Waals surface area contributed by atoms with Gasteiger partial charge in [-0.15, -0.1) is 0 Å². The quantitative estimate of drug-likeness (QED) is 0.800. The Morgan fingerprint density at radius 1 is 0.955 bits per heavy atom. The van der Waals surface area contributed by atoms with E-state index in [1.54, 1.807) is 12.4 Å². The van der Waals surface area contributed by atoms with Crippen molar-refractivity contribution in [1.82, 2.24) is 14.9 Å². The van der Waals surface area contributed by atoms with Gasteiger partial charge in [0.15, 0.2) is 0 Å². The van der Waals surface area contributed by atoms with Crippen molar-refractivity contribution in [3.63, 3.8) is 0 Å².